The maximum Gasteiger partial charge on any atom is 0.322 e. The first-order valence-electron chi connectivity index (χ1n) is 6.97. The maximum absolute atomic E-state index is 12.5. The van der Waals surface area contributed by atoms with E-state index in [1.165, 1.54) is 10.4 Å². The van der Waals surface area contributed by atoms with Crippen molar-refractivity contribution in [3.05, 3.63) is 46.2 Å². The van der Waals surface area contributed by atoms with Gasteiger partial charge in [-0.05, 0) is 42.5 Å². The fourth-order valence-corrected chi connectivity index (χ4v) is 3.68. The minimum Gasteiger partial charge on any atom is -0.495 e. The van der Waals surface area contributed by atoms with Gasteiger partial charge in [-0.1, -0.05) is 12.1 Å². The van der Waals surface area contributed by atoms with Crippen LogP contribution in [0.2, 0.25) is 0 Å². The van der Waals surface area contributed by atoms with Gasteiger partial charge in [-0.2, -0.15) is 0 Å². The van der Waals surface area contributed by atoms with Crippen LogP contribution in [0.5, 0.6) is 5.75 Å². The van der Waals surface area contributed by atoms with Gasteiger partial charge in [0.25, 0.3) is 0 Å². The molecule has 1 aromatic carbocycles. The molecule has 4 nitrogen and oxygen atoms in total. The Labute approximate surface area is 128 Å². The molecule has 0 bridgehead atoms. The van der Waals surface area contributed by atoms with Crippen LogP contribution in [0.15, 0.2) is 35.7 Å². The molecule has 110 valence electrons. The van der Waals surface area contributed by atoms with Crippen molar-refractivity contribution in [2.75, 3.05) is 19.0 Å². The minimum absolute atomic E-state index is 0.0798. The highest BCUT2D eigenvalue weighted by atomic mass is 32.1. The van der Waals surface area contributed by atoms with Gasteiger partial charge < -0.3 is 15.0 Å². The van der Waals surface area contributed by atoms with Gasteiger partial charge in [-0.25, -0.2) is 4.79 Å². The van der Waals surface area contributed by atoms with Crippen molar-refractivity contribution < 1.29 is 9.53 Å². The maximum atomic E-state index is 12.5. The molecule has 1 N–H and O–H groups in total. The van der Waals surface area contributed by atoms with E-state index in [0.717, 1.165) is 13.0 Å². The lowest BCUT2D eigenvalue weighted by molar-refractivity contribution is 0.189. The number of hydrogen-bond donors (Lipinski definition) is 1. The first kappa shape index (κ1) is 13.9. The Morgan fingerprint density at radius 2 is 2.19 bits per heavy atom. The molecule has 21 heavy (non-hydrogen) atoms. The van der Waals surface area contributed by atoms with Crippen LogP contribution in [0.1, 0.15) is 23.4 Å². The summed E-state index contributed by atoms with van der Waals surface area (Å²) in [6, 6.07) is 9.60. The Balaban J connectivity index is 1.77. The van der Waals surface area contributed by atoms with Crippen molar-refractivity contribution in [2.45, 2.75) is 19.4 Å². The fraction of sp³-hybridized carbons (Fsp3) is 0.312. The first-order chi connectivity index (χ1) is 10.2. The van der Waals surface area contributed by atoms with E-state index in [9.17, 15) is 4.79 Å². The second-order valence-corrected chi connectivity index (χ2v) is 6.05. The predicted molar refractivity (Wildman–Crippen MR) is 85.2 cm³/mol. The Kier molecular flexibility index (Phi) is 3.84. The SMILES string of the molecule is COc1ccccc1NC(=O)N1CCc2sccc2[C@H]1C. The second-order valence-electron chi connectivity index (χ2n) is 5.05. The number of carbonyl (C=O) groups excluding carboxylic acids is 1. The lowest BCUT2D eigenvalue weighted by Gasteiger charge is -2.33. The van der Waals surface area contributed by atoms with Crippen LogP contribution in [-0.4, -0.2) is 24.6 Å². The number of thiophene rings is 1. The van der Waals surface area contributed by atoms with Crippen LogP contribution < -0.4 is 10.1 Å². The summed E-state index contributed by atoms with van der Waals surface area (Å²) in [6.45, 7) is 2.82. The molecule has 0 unspecified atom stereocenters. The molecule has 2 aromatic rings. The summed E-state index contributed by atoms with van der Waals surface area (Å²) in [7, 11) is 1.60. The molecule has 0 radical (unpaired) electrons. The number of carbonyl (C=O) groups is 1. The number of anilines is 1. The number of ether oxygens (including phenoxy) is 1. The Hall–Kier alpha value is -2.01. The van der Waals surface area contributed by atoms with Crippen molar-refractivity contribution in [3.8, 4) is 5.75 Å². The molecule has 1 aliphatic heterocycles. The Bertz CT molecular complexity index is 653. The van der Waals surface area contributed by atoms with Gasteiger partial charge in [0.2, 0.25) is 0 Å². The molecule has 0 saturated heterocycles. The molecule has 0 spiro atoms. The van der Waals surface area contributed by atoms with E-state index in [2.05, 4.69) is 23.7 Å². The zero-order valence-corrected chi connectivity index (χ0v) is 12.9. The third kappa shape index (κ3) is 2.61. The van der Waals surface area contributed by atoms with Gasteiger partial charge >= 0.3 is 6.03 Å². The van der Waals surface area contributed by atoms with E-state index in [4.69, 9.17) is 4.74 Å². The summed E-state index contributed by atoms with van der Waals surface area (Å²) < 4.78 is 5.27. The van der Waals surface area contributed by atoms with Crippen LogP contribution in [0.3, 0.4) is 0 Å². The van der Waals surface area contributed by atoms with Crippen LogP contribution in [0.25, 0.3) is 0 Å². The quantitative estimate of drug-likeness (QED) is 0.914. The molecule has 0 fully saturated rings. The molecule has 2 amide bonds. The highest BCUT2D eigenvalue weighted by Gasteiger charge is 2.28. The highest BCUT2D eigenvalue weighted by molar-refractivity contribution is 7.10. The van der Waals surface area contributed by atoms with Crippen LogP contribution in [0.4, 0.5) is 10.5 Å². The summed E-state index contributed by atoms with van der Waals surface area (Å²) in [5, 5.41) is 5.05. The molecule has 0 aliphatic carbocycles. The topological polar surface area (TPSA) is 41.6 Å². The monoisotopic (exact) mass is 302 g/mol. The number of nitrogens with zero attached hydrogens (tertiary/aromatic N) is 1. The van der Waals surface area contributed by atoms with E-state index in [0.29, 0.717) is 11.4 Å². The molecule has 1 aromatic heterocycles. The van der Waals surface area contributed by atoms with Crippen molar-refractivity contribution >= 4 is 23.1 Å². The van der Waals surface area contributed by atoms with Crippen molar-refractivity contribution in [1.82, 2.24) is 4.90 Å². The molecule has 3 rings (SSSR count). The van der Waals surface area contributed by atoms with Crippen LogP contribution >= 0.6 is 11.3 Å². The number of fused-ring (bicyclic) bond motifs is 1. The Morgan fingerprint density at radius 1 is 1.38 bits per heavy atom. The Morgan fingerprint density at radius 3 is 3.00 bits per heavy atom. The number of hydrogen-bond acceptors (Lipinski definition) is 3. The zero-order chi connectivity index (χ0) is 14.8. The average Bonchev–Trinajstić information content (AvgIpc) is 2.97. The van der Waals surface area contributed by atoms with E-state index in [1.807, 2.05) is 29.2 Å². The predicted octanol–water partition coefficient (Wildman–Crippen LogP) is 3.91. The lowest BCUT2D eigenvalue weighted by Crippen LogP contribution is -2.41. The van der Waals surface area contributed by atoms with Gasteiger partial charge in [0.1, 0.15) is 5.75 Å². The molecule has 5 heteroatoms. The molecule has 2 heterocycles. The number of amides is 2. The van der Waals surface area contributed by atoms with E-state index >= 15 is 0 Å². The number of urea groups is 1. The number of benzene rings is 1. The summed E-state index contributed by atoms with van der Waals surface area (Å²) in [5.41, 5.74) is 1.97. The molecular weight excluding hydrogens is 284 g/mol. The highest BCUT2D eigenvalue weighted by Crippen LogP contribution is 2.33. The second kappa shape index (κ2) is 5.77. The zero-order valence-electron chi connectivity index (χ0n) is 12.1. The van der Waals surface area contributed by atoms with Gasteiger partial charge in [-0.15, -0.1) is 11.3 Å². The molecule has 1 aliphatic rings. The van der Waals surface area contributed by atoms with Crippen LogP contribution in [-0.2, 0) is 6.42 Å². The van der Waals surface area contributed by atoms with Crippen molar-refractivity contribution in [1.29, 1.82) is 0 Å². The van der Waals surface area contributed by atoms with Crippen LogP contribution in [0, 0.1) is 0 Å². The number of nitrogens with one attached hydrogen (secondary N) is 1. The fourth-order valence-electron chi connectivity index (χ4n) is 2.72. The first-order valence-corrected chi connectivity index (χ1v) is 7.85. The van der Waals surface area contributed by atoms with Gasteiger partial charge in [0, 0.05) is 11.4 Å². The number of rotatable bonds is 2. The minimum atomic E-state index is -0.0798. The van der Waals surface area contributed by atoms with Crippen molar-refractivity contribution in [3.63, 3.8) is 0 Å². The third-order valence-corrected chi connectivity index (χ3v) is 4.88. The summed E-state index contributed by atoms with van der Waals surface area (Å²) >= 11 is 1.77. The average molecular weight is 302 g/mol. The molecule has 0 saturated carbocycles. The van der Waals surface area contributed by atoms with E-state index in [-0.39, 0.29) is 12.1 Å². The largest absolute Gasteiger partial charge is 0.495 e. The van der Waals surface area contributed by atoms with Gasteiger partial charge in [-0.3, -0.25) is 0 Å². The summed E-state index contributed by atoms with van der Waals surface area (Å²) in [6.07, 6.45) is 0.927. The van der Waals surface area contributed by atoms with Crippen molar-refractivity contribution in [2.24, 2.45) is 0 Å². The lowest BCUT2D eigenvalue weighted by atomic mass is 10.0. The smallest absolute Gasteiger partial charge is 0.322 e. The molecular formula is C16H18N2O2S. The standard InChI is InChI=1S/C16H18N2O2S/c1-11-12-8-10-21-15(12)7-9-18(11)16(19)17-13-5-3-4-6-14(13)20-2/h3-6,8,10-11H,7,9H2,1-2H3,(H,17,19)/t11-/m1/s1. The number of para-hydroxylation sites is 2. The molecule has 1 atom stereocenters. The van der Waals surface area contributed by atoms with Gasteiger partial charge in [0.15, 0.2) is 0 Å². The third-order valence-electron chi connectivity index (χ3n) is 3.89. The summed E-state index contributed by atoms with van der Waals surface area (Å²) in [5.74, 6) is 0.673. The van der Waals surface area contributed by atoms with E-state index in [1.54, 1.807) is 18.4 Å². The number of methoxy groups -OCH3 is 1. The summed E-state index contributed by atoms with van der Waals surface area (Å²) in [4.78, 5) is 15.8. The normalized spacial score (nSPS) is 17.2. The van der Waals surface area contributed by atoms with Gasteiger partial charge in [0.05, 0.1) is 18.8 Å². The van der Waals surface area contributed by atoms with E-state index < -0.39 is 0 Å².